The van der Waals surface area contributed by atoms with E-state index in [0.29, 0.717) is 5.41 Å². The summed E-state index contributed by atoms with van der Waals surface area (Å²) in [6, 6.07) is 3.93. The van der Waals surface area contributed by atoms with E-state index in [1.54, 1.807) is 6.20 Å². The van der Waals surface area contributed by atoms with E-state index >= 15 is 0 Å². The van der Waals surface area contributed by atoms with Crippen LogP contribution in [0.25, 0.3) is 0 Å². The molecule has 2 rings (SSSR count). The third-order valence-corrected chi connectivity index (χ3v) is 3.16. The molecule has 0 saturated carbocycles. The van der Waals surface area contributed by atoms with Gasteiger partial charge in [-0.05, 0) is 17.5 Å². The van der Waals surface area contributed by atoms with E-state index in [0.717, 1.165) is 44.2 Å². The predicted molar refractivity (Wildman–Crippen MR) is 76.8 cm³/mol. The molecule has 0 unspecified atom stereocenters. The zero-order valence-electron chi connectivity index (χ0n) is 11.7. The van der Waals surface area contributed by atoms with E-state index in [9.17, 15) is 0 Å². The van der Waals surface area contributed by atoms with Crippen LogP contribution in [-0.4, -0.2) is 42.6 Å². The fourth-order valence-corrected chi connectivity index (χ4v) is 2.39. The maximum absolute atomic E-state index is 5.66. The molecule has 0 amide bonds. The number of rotatable bonds is 2. The largest absolute Gasteiger partial charge is 0.397 e. The van der Waals surface area contributed by atoms with Crippen LogP contribution in [0.1, 0.15) is 20.8 Å². The first-order chi connectivity index (χ1) is 8.44. The van der Waals surface area contributed by atoms with Crippen LogP contribution in [0, 0.1) is 5.41 Å². The molecule has 0 spiro atoms. The molecule has 1 fully saturated rings. The number of nitrogens with two attached hydrogens (primary N) is 1. The third-order valence-electron chi connectivity index (χ3n) is 3.16. The second kappa shape index (κ2) is 5.14. The SMILES string of the molecule is CC(C)(C)CN1CCN(c2ccc(N)cn2)CC1. The van der Waals surface area contributed by atoms with Crippen molar-refractivity contribution in [1.29, 1.82) is 0 Å². The molecule has 0 atom stereocenters. The molecule has 0 aliphatic carbocycles. The highest BCUT2D eigenvalue weighted by molar-refractivity contribution is 5.46. The van der Waals surface area contributed by atoms with E-state index in [2.05, 4.69) is 35.6 Å². The molecule has 0 bridgehead atoms. The minimum atomic E-state index is 0.377. The Morgan fingerprint density at radius 2 is 1.83 bits per heavy atom. The van der Waals surface area contributed by atoms with E-state index < -0.39 is 0 Å². The third kappa shape index (κ3) is 3.60. The lowest BCUT2D eigenvalue weighted by molar-refractivity contribution is 0.182. The molecule has 0 radical (unpaired) electrons. The Labute approximate surface area is 110 Å². The Morgan fingerprint density at radius 1 is 1.17 bits per heavy atom. The molecular weight excluding hydrogens is 224 g/mol. The zero-order chi connectivity index (χ0) is 13.2. The molecule has 4 nitrogen and oxygen atoms in total. The van der Waals surface area contributed by atoms with Gasteiger partial charge in [-0.2, -0.15) is 0 Å². The second-order valence-electron chi connectivity index (χ2n) is 6.27. The highest BCUT2D eigenvalue weighted by Crippen LogP contribution is 2.19. The number of nitrogens with zero attached hydrogens (tertiary/aromatic N) is 3. The number of hydrogen-bond donors (Lipinski definition) is 1. The first kappa shape index (κ1) is 13.1. The van der Waals surface area contributed by atoms with Gasteiger partial charge in [0.2, 0.25) is 0 Å². The van der Waals surface area contributed by atoms with Crippen molar-refractivity contribution in [3.8, 4) is 0 Å². The van der Waals surface area contributed by atoms with Gasteiger partial charge in [0.1, 0.15) is 5.82 Å². The molecular formula is C14H24N4. The molecule has 4 heteroatoms. The Bertz CT molecular complexity index is 372. The average molecular weight is 248 g/mol. The molecule has 1 aliphatic heterocycles. The summed E-state index contributed by atoms with van der Waals surface area (Å²) in [5.74, 6) is 1.04. The first-order valence-electron chi connectivity index (χ1n) is 6.63. The van der Waals surface area contributed by atoms with Crippen LogP contribution in [0.2, 0.25) is 0 Å². The van der Waals surface area contributed by atoms with Gasteiger partial charge in [0.15, 0.2) is 0 Å². The standard InChI is InChI=1S/C14H24N4/c1-14(2,3)11-17-6-8-18(9-7-17)13-5-4-12(15)10-16-13/h4-5,10H,6-9,11,15H2,1-3H3. The lowest BCUT2D eigenvalue weighted by atomic mass is 9.96. The highest BCUT2D eigenvalue weighted by atomic mass is 15.3. The Kier molecular flexibility index (Phi) is 3.76. The van der Waals surface area contributed by atoms with Gasteiger partial charge in [-0.1, -0.05) is 20.8 Å². The topological polar surface area (TPSA) is 45.4 Å². The van der Waals surface area contributed by atoms with Crippen LogP contribution in [-0.2, 0) is 0 Å². The minimum absolute atomic E-state index is 0.377. The van der Waals surface area contributed by atoms with Gasteiger partial charge in [-0.15, -0.1) is 0 Å². The normalized spacial score (nSPS) is 18.1. The van der Waals surface area contributed by atoms with Crippen LogP contribution >= 0.6 is 0 Å². The van der Waals surface area contributed by atoms with Gasteiger partial charge in [0, 0.05) is 32.7 Å². The lowest BCUT2D eigenvalue weighted by Gasteiger charge is -2.38. The van der Waals surface area contributed by atoms with E-state index in [4.69, 9.17) is 5.73 Å². The number of nitrogen functional groups attached to an aromatic ring is 1. The lowest BCUT2D eigenvalue weighted by Crippen LogP contribution is -2.48. The van der Waals surface area contributed by atoms with Gasteiger partial charge < -0.3 is 10.6 Å². The smallest absolute Gasteiger partial charge is 0.128 e. The van der Waals surface area contributed by atoms with Crippen LogP contribution in [0.5, 0.6) is 0 Å². The van der Waals surface area contributed by atoms with Crippen molar-refractivity contribution in [3.05, 3.63) is 18.3 Å². The predicted octanol–water partition coefficient (Wildman–Crippen LogP) is 1.83. The number of hydrogen-bond acceptors (Lipinski definition) is 4. The van der Waals surface area contributed by atoms with Crippen LogP contribution in [0.3, 0.4) is 0 Å². The van der Waals surface area contributed by atoms with Crippen LogP contribution in [0.4, 0.5) is 11.5 Å². The maximum Gasteiger partial charge on any atom is 0.128 e. The quantitative estimate of drug-likeness (QED) is 0.867. The molecule has 18 heavy (non-hydrogen) atoms. The minimum Gasteiger partial charge on any atom is -0.397 e. The summed E-state index contributed by atoms with van der Waals surface area (Å²) < 4.78 is 0. The average Bonchev–Trinajstić information content (AvgIpc) is 2.29. The Hall–Kier alpha value is -1.29. The van der Waals surface area contributed by atoms with Gasteiger partial charge >= 0.3 is 0 Å². The molecule has 2 heterocycles. The summed E-state index contributed by atoms with van der Waals surface area (Å²) in [7, 11) is 0. The van der Waals surface area contributed by atoms with Crippen molar-refractivity contribution in [1.82, 2.24) is 9.88 Å². The summed E-state index contributed by atoms with van der Waals surface area (Å²) in [5.41, 5.74) is 6.76. The number of aromatic nitrogens is 1. The van der Waals surface area contributed by atoms with Crippen LogP contribution in [0.15, 0.2) is 18.3 Å². The monoisotopic (exact) mass is 248 g/mol. The zero-order valence-corrected chi connectivity index (χ0v) is 11.7. The number of anilines is 2. The Morgan fingerprint density at radius 3 is 2.33 bits per heavy atom. The summed E-state index contributed by atoms with van der Waals surface area (Å²) in [6.45, 7) is 12.4. The molecule has 1 aromatic rings. The fraction of sp³-hybridized carbons (Fsp3) is 0.643. The van der Waals surface area contributed by atoms with Crippen LogP contribution < -0.4 is 10.6 Å². The molecule has 1 aromatic heterocycles. The molecule has 100 valence electrons. The first-order valence-corrected chi connectivity index (χ1v) is 6.63. The summed E-state index contributed by atoms with van der Waals surface area (Å²) in [5, 5.41) is 0. The summed E-state index contributed by atoms with van der Waals surface area (Å²) >= 11 is 0. The molecule has 2 N–H and O–H groups in total. The molecule has 1 aliphatic rings. The van der Waals surface area contributed by atoms with Gasteiger partial charge in [-0.3, -0.25) is 4.90 Å². The van der Waals surface area contributed by atoms with E-state index in [1.165, 1.54) is 0 Å². The van der Waals surface area contributed by atoms with E-state index in [1.807, 2.05) is 12.1 Å². The molecule has 1 saturated heterocycles. The van der Waals surface area contributed by atoms with Gasteiger partial charge in [0.25, 0.3) is 0 Å². The van der Waals surface area contributed by atoms with Crippen molar-refractivity contribution in [2.75, 3.05) is 43.4 Å². The van der Waals surface area contributed by atoms with Crippen molar-refractivity contribution >= 4 is 11.5 Å². The Balaban J connectivity index is 1.88. The second-order valence-corrected chi connectivity index (χ2v) is 6.27. The van der Waals surface area contributed by atoms with Gasteiger partial charge in [0.05, 0.1) is 11.9 Å². The van der Waals surface area contributed by atoms with Crippen molar-refractivity contribution < 1.29 is 0 Å². The highest BCUT2D eigenvalue weighted by Gasteiger charge is 2.21. The van der Waals surface area contributed by atoms with Crippen molar-refractivity contribution in [2.45, 2.75) is 20.8 Å². The summed E-state index contributed by atoms with van der Waals surface area (Å²) in [6.07, 6.45) is 1.73. The van der Waals surface area contributed by atoms with Crippen molar-refractivity contribution in [3.63, 3.8) is 0 Å². The summed E-state index contributed by atoms with van der Waals surface area (Å²) in [4.78, 5) is 9.25. The number of pyridine rings is 1. The van der Waals surface area contributed by atoms with E-state index in [-0.39, 0.29) is 0 Å². The molecule has 0 aromatic carbocycles. The van der Waals surface area contributed by atoms with Gasteiger partial charge in [-0.25, -0.2) is 4.98 Å². The van der Waals surface area contributed by atoms with Crippen molar-refractivity contribution in [2.24, 2.45) is 5.41 Å². The maximum atomic E-state index is 5.66. The fourth-order valence-electron chi connectivity index (χ4n) is 2.39. The number of piperazine rings is 1.